The van der Waals surface area contributed by atoms with E-state index in [1.54, 1.807) is 19.2 Å². The molecule has 0 aromatic carbocycles. The zero-order valence-corrected chi connectivity index (χ0v) is 11.2. The summed E-state index contributed by atoms with van der Waals surface area (Å²) in [6.07, 6.45) is 0.0770. The lowest BCUT2D eigenvalue weighted by atomic mass is 10.5. The fourth-order valence-corrected chi connectivity index (χ4v) is 4.57. The summed E-state index contributed by atoms with van der Waals surface area (Å²) in [5.74, 6) is 0. The maximum Gasteiger partial charge on any atom is 0.252 e. The highest BCUT2D eigenvalue weighted by Gasteiger charge is 2.30. The number of likely N-dealkylation sites (N-methyl/N-ethyl adjacent to an activating group) is 1. The second-order valence-corrected chi connectivity index (χ2v) is 8.03. The van der Waals surface area contributed by atoms with Crippen molar-refractivity contribution in [1.82, 2.24) is 4.31 Å². The van der Waals surface area contributed by atoms with Gasteiger partial charge in [-0.05, 0) is 28.1 Å². The number of rotatable bonds is 4. The second kappa shape index (κ2) is 4.14. The minimum Gasteiger partial charge on any atom is -0.372 e. The third-order valence-electron chi connectivity index (χ3n) is 2.08. The van der Waals surface area contributed by atoms with Crippen LogP contribution in [0.25, 0.3) is 0 Å². The van der Waals surface area contributed by atoms with Crippen LogP contribution in [0.3, 0.4) is 0 Å². The molecule has 1 fully saturated rings. The van der Waals surface area contributed by atoms with Crippen LogP contribution in [-0.4, -0.2) is 39.0 Å². The first-order valence-corrected chi connectivity index (χ1v) is 7.38. The molecule has 0 amide bonds. The van der Waals surface area contributed by atoms with Crippen LogP contribution in [0.15, 0.2) is 20.1 Å². The van der Waals surface area contributed by atoms with E-state index in [1.165, 1.54) is 15.6 Å². The van der Waals surface area contributed by atoms with Crippen LogP contribution in [0.4, 0.5) is 0 Å². The molecule has 1 aliphatic heterocycles. The Morgan fingerprint density at radius 3 is 2.80 bits per heavy atom. The fraction of sp³-hybridized carbons (Fsp3) is 0.500. The van der Waals surface area contributed by atoms with Gasteiger partial charge in [0.1, 0.15) is 4.21 Å². The lowest BCUT2D eigenvalue weighted by Crippen LogP contribution is -2.29. The van der Waals surface area contributed by atoms with E-state index >= 15 is 0 Å². The van der Waals surface area contributed by atoms with Gasteiger partial charge in [0.15, 0.2) is 0 Å². The molecule has 7 heteroatoms. The number of thiophene rings is 1. The van der Waals surface area contributed by atoms with Gasteiger partial charge in [0.05, 0.1) is 16.5 Å². The summed E-state index contributed by atoms with van der Waals surface area (Å²) < 4.78 is 31.5. The molecule has 2 rings (SSSR count). The molecule has 0 spiro atoms. The van der Waals surface area contributed by atoms with Crippen LogP contribution in [0.1, 0.15) is 0 Å². The van der Waals surface area contributed by atoms with Crippen molar-refractivity contribution in [3.63, 3.8) is 0 Å². The number of epoxide rings is 1. The zero-order valence-electron chi connectivity index (χ0n) is 8.01. The largest absolute Gasteiger partial charge is 0.372 e. The Balaban J connectivity index is 2.17. The average Bonchev–Trinajstić information content (AvgIpc) is 2.86. The highest BCUT2D eigenvalue weighted by Crippen LogP contribution is 2.28. The molecule has 0 N–H and O–H groups in total. The standard InChI is InChI=1S/C8H10BrNO3S2/c1-10(4-6-5-13-6)15(11,12)8-3-2-7(9)14-8/h2-3,6H,4-5H2,1H3/t6-/m0/s1. The van der Waals surface area contributed by atoms with Crippen LogP contribution >= 0.6 is 27.3 Å². The van der Waals surface area contributed by atoms with Crippen molar-refractivity contribution >= 4 is 37.3 Å². The Labute approximate surface area is 101 Å². The van der Waals surface area contributed by atoms with Gasteiger partial charge < -0.3 is 4.74 Å². The average molecular weight is 312 g/mol. The summed E-state index contributed by atoms with van der Waals surface area (Å²) in [5, 5.41) is 0. The van der Waals surface area contributed by atoms with Gasteiger partial charge >= 0.3 is 0 Å². The van der Waals surface area contributed by atoms with Crippen LogP contribution < -0.4 is 0 Å². The Bertz CT molecular complexity index is 452. The topological polar surface area (TPSA) is 49.9 Å². The van der Waals surface area contributed by atoms with Gasteiger partial charge in [0.25, 0.3) is 10.0 Å². The van der Waals surface area contributed by atoms with Crippen molar-refractivity contribution in [3.05, 3.63) is 15.9 Å². The zero-order chi connectivity index (χ0) is 11.1. The molecule has 2 heterocycles. The van der Waals surface area contributed by atoms with Gasteiger partial charge in [0.2, 0.25) is 0 Å². The van der Waals surface area contributed by atoms with E-state index in [-0.39, 0.29) is 6.10 Å². The van der Waals surface area contributed by atoms with E-state index in [1.807, 2.05) is 0 Å². The molecule has 0 saturated carbocycles. The third kappa shape index (κ3) is 2.59. The number of nitrogens with zero attached hydrogens (tertiary/aromatic N) is 1. The Hall–Kier alpha value is 0.0500. The van der Waals surface area contributed by atoms with E-state index < -0.39 is 10.0 Å². The number of halogens is 1. The molecule has 15 heavy (non-hydrogen) atoms. The molecule has 1 atom stereocenters. The first-order chi connectivity index (χ1) is 7.00. The number of hydrogen-bond donors (Lipinski definition) is 0. The van der Waals surface area contributed by atoms with Crippen LogP contribution in [-0.2, 0) is 14.8 Å². The predicted molar refractivity (Wildman–Crippen MR) is 61.6 cm³/mol. The van der Waals surface area contributed by atoms with E-state index in [9.17, 15) is 8.42 Å². The summed E-state index contributed by atoms with van der Waals surface area (Å²) in [6.45, 7) is 1.09. The molecule has 0 unspecified atom stereocenters. The van der Waals surface area contributed by atoms with Gasteiger partial charge in [-0.3, -0.25) is 0 Å². The lowest BCUT2D eigenvalue weighted by Gasteiger charge is -2.14. The van der Waals surface area contributed by atoms with Crippen LogP contribution in [0.5, 0.6) is 0 Å². The summed E-state index contributed by atoms with van der Waals surface area (Å²) in [6, 6.07) is 3.34. The van der Waals surface area contributed by atoms with Gasteiger partial charge in [-0.2, -0.15) is 4.31 Å². The van der Waals surface area contributed by atoms with Crippen molar-refractivity contribution in [2.45, 2.75) is 10.3 Å². The molecule has 1 aromatic heterocycles. The van der Waals surface area contributed by atoms with E-state index in [2.05, 4.69) is 15.9 Å². The summed E-state index contributed by atoms with van der Waals surface area (Å²) in [4.78, 5) is 0. The van der Waals surface area contributed by atoms with Gasteiger partial charge in [-0.25, -0.2) is 8.42 Å². The third-order valence-corrected chi connectivity index (χ3v) is 5.99. The smallest absolute Gasteiger partial charge is 0.252 e. The van der Waals surface area contributed by atoms with Crippen LogP contribution in [0.2, 0.25) is 0 Å². The quantitative estimate of drug-likeness (QED) is 0.792. The summed E-state index contributed by atoms with van der Waals surface area (Å²) in [5.41, 5.74) is 0. The van der Waals surface area contributed by atoms with E-state index in [0.717, 1.165) is 3.79 Å². The molecule has 0 aliphatic carbocycles. The predicted octanol–water partition coefficient (Wildman–Crippen LogP) is 1.53. The minimum atomic E-state index is -3.33. The van der Waals surface area contributed by atoms with Crippen molar-refractivity contribution in [2.75, 3.05) is 20.2 Å². The van der Waals surface area contributed by atoms with Crippen molar-refractivity contribution in [3.8, 4) is 0 Å². The minimum absolute atomic E-state index is 0.0770. The van der Waals surface area contributed by atoms with Gasteiger partial charge in [-0.15, -0.1) is 11.3 Å². The number of ether oxygens (including phenoxy) is 1. The summed E-state index contributed by atoms with van der Waals surface area (Å²) in [7, 11) is -1.76. The Morgan fingerprint density at radius 1 is 1.67 bits per heavy atom. The number of sulfonamides is 1. The molecule has 4 nitrogen and oxygen atoms in total. The molecular weight excluding hydrogens is 302 g/mol. The Morgan fingerprint density at radius 2 is 2.33 bits per heavy atom. The second-order valence-electron chi connectivity index (χ2n) is 3.30. The van der Waals surface area contributed by atoms with Crippen molar-refractivity contribution in [2.24, 2.45) is 0 Å². The first-order valence-electron chi connectivity index (χ1n) is 4.33. The maximum atomic E-state index is 12.0. The van der Waals surface area contributed by atoms with Crippen molar-refractivity contribution in [1.29, 1.82) is 0 Å². The SMILES string of the molecule is CN(C[C@H]1CO1)S(=O)(=O)c1ccc(Br)s1. The van der Waals surface area contributed by atoms with Crippen LogP contribution in [0, 0.1) is 0 Å². The monoisotopic (exact) mass is 311 g/mol. The molecule has 0 radical (unpaired) electrons. The number of hydrogen-bond acceptors (Lipinski definition) is 4. The molecular formula is C8H10BrNO3S2. The normalized spacial score (nSPS) is 20.9. The maximum absolute atomic E-state index is 12.0. The summed E-state index contributed by atoms with van der Waals surface area (Å²) >= 11 is 4.46. The molecule has 1 aliphatic rings. The lowest BCUT2D eigenvalue weighted by molar-refractivity contribution is 0.360. The fourth-order valence-electron chi connectivity index (χ4n) is 1.15. The molecule has 0 bridgehead atoms. The molecule has 84 valence electrons. The van der Waals surface area contributed by atoms with E-state index in [0.29, 0.717) is 17.4 Å². The van der Waals surface area contributed by atoms with Gasteiger partial charge in [-0.1, -0.05) is 0 Å². The molecule has 1 saturated heterocycles. The first kappa shape index (κ1) is 11.5. The Kier molecular flexibility index (Phi) is 3.18. The molecule has 1 aromatic rings. The van der Waals surface area contributed by atoms with Crippen molar-refractivity contribution < 1.29 is 13.2 Å². The van der Waals surface area contributed by atoms with Gasteiger partial charge in [0, 0.05) is 13.6 Å². The van der Waals surface area contributed by atoms with E-state index in [4.69, 9.17) is 4.74 Å². The highest BCUT2D eigenvalue weighted by atomic mass is 79.9. The highest BCUT2D eigenvalue weighted by molar-refractivity contribution is 9.11.